The van der Waals surface area contributed by atoms with Crippen LogP contribution in [0.2, 0.25) is 0 Å². The van der Waals surface area contributed by atoms with Gasteiger partial charge in [0.1, 0.15) is 43.2 Å². The third-order valence-corrected chi connectivity index (χ3v) is 16.1. The summed E-state index contributed by atoms with van der Waals surface area (Å²) < 4.78 is 33.8. The Morgan fingerprint density at radius 3 is 1.05 bits per heavy atom. The number of allylic oxidation sites excluding steroid dienone is 2. The average molecular weight is 1090 g/mol. The molecule has 0 heterocycles. The fourth-order valence-electron chi connectivity index (χ4n) is 10.1. The highest BCUT2D eigenvalue weighted by molar-refractivity contribution is 7.47. The number of ether oxygens (including phenoxy) is 2. The molecule has 444 valence electrons. The first-order valence-electron chi connectivity index (χ1n) is 31.5. The molecule has 14 heteroatoms. The van der Waals surface area contributed by atoms with Crippen molar-refractivity contribution in [2.45, 2.75) is 352 Å². The molecule has 0 aromatic heterocycles. The second-order valence-corrected chi connectivity index (χ2v) is 23.7. The Morgan fingerprint density at radius 1 is 0.400 bits per heavy atom. The maximum atomic E-state index is 12.9. The summed E-state index contributed by atoms with van der Waals surface area (Å²) in [6, 6.07) is 0. The minimum atomic E-state index is -5.13. The third kappa shape index (κ3) is 42.2. The molecule has 13 nitrogen and oxygen atoms in total. The summed E-state index contributed by atoms with van der Waals surface area (Å²) in [5.41, 5.74) is 0. The molecule has 1 rings (SSSR count). The normalized spacial score (nSPS) is 20.2. The van der Waals surface area contributed by atoms with Gasteiger partial charge in [0.25, 0.3) is 0 Å². The molecule has 0 amide bonds. The molecule has 6 unspecified atom stereocenters. The Kier molecular flexibility index (Phi) is 48.5. The first kappa shape index (κ1) is 71.6. The van der Waals surface area contributed by atoms with E-state index < -0.39 is 75.7 Å². The SMILES string of the molecule is CCCCCCCCCCCCCCCCCCCC/C=C/CCCC(=O)O[C@@H](COC(=O)CCCCCCCCCCCCCCCCCCCCCCCCC)COP(=O)(O)OC1C(O)C(O)C(O)[C@H](O)C1O. The van der Waals surface area contributed by atoms with Crippen molar-refractivity contribution in [1.29, 1.82) is 0 Å². The molecular formula is C61H117O13P. The number of unbranched alkanes of at least 4 members (excludes halogenated alkanes) is 41. The number of rotatable bonds is 55. The summed E-state index contributed by atoms with van der Waals surface area (Å²) in [5.74, 6) is -1.11. The van der Waals surface area contributed by atoms with Gasteiger partial charge < -0.3 is 39.9 Å². The zero-order valence-corrected chi connectivity index (χ0v) is 49.0. The van der Waals surface area contributed by atoms with E-state index >= 15 is 0 Å². The van der Waals surface area contributed by atoms with Crippen LogP contribution >= 0.6 is 7.82 Å². The van der Waals surface area contributed by atoms with Crippen LogP contribution < -0.4 is 0 Å². The highest BCUT2D eigenvalue weighted by Crippen LogP contribution is 2.47. The number of phosphoric acid groups is 1. The summed E-state index contributed by atoms with van der Waals surface area (Å²) in [4.78, 5) is 36.0. The second kappa shape index (κ2) is 50.8. The lowest BCUT2D eigenvalue weighted by molar-refractivity contribution is -0.220. The smallest absolute Gasteiger partial charge is 0.462 e. The van der Waals surface area contributed by atoms with Gasteiger partial charge in [-0.2, -0.15) is 0 Å². The van der Waals surface area contributed by atoms with Gasteiger partial charge >= 0.3 is 19.8 Å². The van der Waals surface area contributed by atoms with Gasteiger partial charge in [-0.3, -0.25) is 18.6 Å². The minimum absolute atomic E-state index is 0.0549. The van der Waals surface area contributed by atoms with Gasteiger partial charge in [-0.15, -0.1) is 0 Å². The molecule has 0 spiro atoms. The van der Waals surface area contributed by atoms with Crippen LogP contribution in [0.4, 0.5) is 0 Å². The minimum Gasteiger partial charge on any atom is -0.462 e. The molecule has 1 aliphatic rings. The zero-order valence-electron chi connectivity index (χ0n) is 48.1. The van der Waals surface area contributed by atoms with E-state index in [4.69, 9.17) is 18.5 Å². The molecule has 0 aliphatic heterocycles. The maximum Gasteiger partial charge on any atom is 0.472 e. The Bertz CT molecular complexity index is 1350. The number of hydrogen-bond acceptors (Lipinski definition) is 12. The molecule has 8 atom stereocenters. The van der Waals surface area contributed by atoms with Crippen molar-refractivity contribution in [3.8, 4) is 0 Å². The summed E-state index contributed by atoms with van der Waals surface area (Å²) in [6.45, 7) is 3.37. The monoisotopic (exact) mass is 1090 g/mol. The predicted molar refractivity (Wildman–Crippen MR) is 304 cm³/mol. The van der Waals surface area contributed by atoms with Crippen LogP contribution in [-0.4, -0.2) is 98.3 Å². The average Bonchev–Trinajstić information content (AvgIpc) is 3.39. The summed E-state index contributed by atoms with van der Waals surface area (Å²) >= 11 is 0. The fraction of sp³-hybridized carbons (Fsp3) is 0.934. The van der Waals surface area contributed by atoms with Gasteiger partial charge in [-0.25, -0.2) is 4.57 Å². The molecule has 0 saturated heterocycles. The van der Waals surface area contributed by atoms with Crippen molar-refractivity contribution in [1.82, 2.24) is 0 Å². The largest absolute Gasteiger partial charge is 0.472 e. The Balaban J connectivity index is 2.29. The summed E-state index contributed by atoms with van der Waals surface area (Å²) in [5, 5.41) is 50.5. The number of carbonyl (C=O) groups excluding carboxylic acids is 2. The van der Waals surface area contributed by atoms with Gasteiger partial charge in [-0.05, 0) is 32.1 Å². The Hall–Kier alpha value is -1.41. The second-order valence-electron chi connectivity index (χ2n) is 22.3. The molecule has 0 aromatic carbocycles. The predicted octanol–water partition coefficient (Wildman–Crippen LogP) is 15.3. The lowest BCUT2D eigenvalue weighted by Gasteiger charge is -2.41. The van der Waals surface area contributed by atoms with Crippen LogP contribution in [-0.2, 0) is 32.7 Å². The molecule has 1 saturated carbocycles. The Morgan fingerprint density at radius 2 is 0.693 bits per heavy atom. The van der Waals surface area contributed by atoms with E-state index in [1.165, 1.54) is 231 Å². The maximum absolute atomic E-state index is 12.9. The van der Waals surface area contributed by atoms with Crippen LogP contribution in [0.15, 0.2) is 12.2 Å². The molecule has 0 radical (unpaired) electrons. The molecular weight excluding hydrogens is 972 g/mol. The fourth-order valence-corrected chi connectivity index (χ4v) is 11.1. The number of phosphoric ester groups is 1. The van der Waals surface area contributed by atoms with Crippen LogP contribution in [0.1, 0.15) is 309 Å². The molecule has 75 heavy (non-hydrogen) atoms. The van der Waals surface area contributed by atoms with Crippen molar-refractivity contribution in [2.75, 3.05) is 13.2 Å². The molecule has 0 bridgehead atoms. The van der Waals surface area contributed by atoms with Crippen LogP contribution in [0.5, 0.6) is 0 Å². The number of esters is 2. The lowest BCUT2D eigenvalue weighted by atomic mass is 9.85. The Labute approximate surface area is 458 Å². The van der Waals surface area contributed by atoms with E-state index in [-0.39, 0.29) is 12.8 Å². The molecule has 1 aliphatic carbocycles. The zero-order chi connectivity index (χ0) is 54.9. The van der Waals surface area contributed by atoms with Gasteiger partial charge in [0, 0.05) is 12.8 Å². The topological polar surface area (TPSA) is 210 Å². The van der Waals surface area contributed by atoms with E-state index in [0.717, 1.165) is 32.1 Å². The van der Waals surface area contributed by atoms with Gasteiger partial charge in [0.2, 0.25) is 0 Å². The number of hydrogen-bond donors (Lipinski definition) is 6. The summed E-state index contributed by atoms with van der Waals surface area (Å²) in [7, 11) is -5.13. The summed E-state index contributed by atoms with van der Waals surface area (Å²) in [6.07, 6.45) is 47.1. The van der Waals surface area contributed by atoms with Crippen LogP contribution in [0.25, 0.3) is 0 Å². The highest BCUT2D eigenvalue weighted by atomic mass is 31.2. The van der Waals surface area contributed by atoms with Crippen LogP contribution in [0.3, 0.4) is 0 Å². The molecule has 6 N–H and O–H groups in total. The highest BCUT2D eigenvalue weighted by Gasteiger charge is 2.51. The van der Waals surface area contributed by atoms with Crippen molar-refractivity contribution < 1.29 is 63.1 Å². The first-order chi connectivity index (χ1) is 36.4. The lowest BCUT2D eigenvalue weighted by Crippen LogP contribution is -2.64. The first-order valence-corrected chi connectivity index (χ1v) is 33.0. The standard InChI is InChI=1S/C61H117O13P/c1-3-5-7-9-11-13-15-17-19-21-23-25-27-29-31-33-35-37-39-41-43-45-47-49-54(62)71-51-53(52-72-75(69,70)74-61-59(67)57(65)56(64)58(66)60(61)68)73-55(63)50-48-46-44-42-40-38-36-34-32-30-28-26-24-22-20-18-16-14-12-10-8-6-4-2/h42,44,53,56-61,64-68H,3-41,43,45-52H2,1-2H3,(H,69,70)/b44-42+/t53-,56?,57-,58?,59?,60?,61?/m0/s1. The van der Waals surface area contributed by atoms with Crippen LogP contribution in [0, 0.1) is 0 Å². The van der Waals surface area contributed by atoms with Gasteiger partial charge in [0.15, 0.2) is 6.10 Å². The van der Waals surface area contributed by atoms with E-state index in [1.807, 2.05) is 0 Å². The third-order valence-electron chi connectivity index (χ3n) is 15.1. The molecule has 1 fully saturated rings. The van der Waals surface area contributed by atoms with E-state index in [1.54, 1.807) is 0 Å². The van der Waals surface area contributed by atoms with E-state index in [2.05, 4.69) is 26.0 Å². The van der Waals surface area contributed by atoms with E-state index in [0.29, 0.717) is 19.3 Å². The van der Waals surface area contributed by atoms with Crippen molar-refractivity contribution >= 4 is 19.8 Å². The van der Waals surface area contributed by atoms with Crippen molar-refractivity contribution in [3.05, 3.63) is 12.2 Å². The number of carbonyl (C=O) groups is 2. The van der Waals surface area contributed by atoms with E-state index in [9.17, 15) is 44.6 Å². The van der Waals surface area contributed by atoms with Gasteiger partial charge in [0.05, 0.1) is 6.61 Å². The van der Waals surface area contributed by atoms with Crippen molar-refractivity contribution in [3.63, 3.8) is 0 Å². The molecule has 0 aromatic rings. The van der Waals surface area contributed by atoms with Crippen molar-refractivity contribution in [2.24, 2.45) is 0 Å². The number of aliphatic hydroxyl groups excluding tert-OH is 5. The number of aliphatic hydroxyl groups is 5. The quantitative estimate of drug-likeness (QED) is 0.0145. The van der Waals surface area contributed by atoms with Gasteiger partial charge in [-0.1, -0.05) is 276 Å².